The molecular weight excluding hydrogens is 330 g/mol. The molecule has 7 heteroatoms. The number of fused-ring (bicyclic) bond motifs is 1. The van der Waals surface area contributed by atoms with Gasteiger partial charge in [0.1, 0.15) is 5.82 Å². The molecule has 0 spiro atoms. The number of nitrogens with zero attached hydrogens (tertiary/aromatic N) is 4. The van der Waals surface area contributed by atoms with Crippen molar-refractivity contribution in [1.29, 1.82) is 0 Å². The highest BCUT2D eigenvalue weighted by Crippen LogP contribution is 2.34. The van der Waals surface area contributed by atoms with Crippen LogP contribution in [0.5, 0.6) is 0 Å². The van der Waals surface area contributed by atoms with E-state index in [1.54, 1.807) is 11.3 Å². The summed E-state index contributed by atoms with van der Waals surface area (Å²) in [6, 6.07) is 8.71. The van der Waals surface area contributed by atoms with Gasteiger partial charge in [0.2, 0.25) is 0 Å². The van der Waals surface area contributed by atoms with Crippen LogP contribution in [0, 0.1) is 0 Å². The van der Waals surface area contributed by atoms with Gasteiger partial charge in [-0.15, -0.1) is 23.7 Å². The molecule has 1 unspecified atom stereocenters. The van der Waals surface area contributed by atoms with Crippen LogP contribution in [0.3, 0.4) is 0 Å². The molecule has 5 nitrogen and oxygen atoms in total. The van der Waals surface area contributed by atoms with E-state index >= 15 is 0 Å². The van der Waals surface area contributed by atoms with Gasteiger partial charge >= 0.3 is 0 Å². The van der Waals surface area contributed by atoms with E-state index < -0.39 is 0 Å². The number of rotatable bonds is 3. The van der Waals surface area contributed by atoms with Crippen LogP contribution in [0.15, 0.2) is 30.5 Å². The highest BCUT2D eigenvalue weighted by molar-refractivity contribution is 7.15. The topological polar surface area (TPSA) is 60.0 Å². The van der Waals surface area contributed by atoms with E-state index in [0.29, 0.717) is 11.2 Å². The lowest BCUT2D eigenvalue weighted by Crippen LogP contribution is -2.24. The van der Waals surface area contributed by atoms with Gasteiger partial charge in [0.05, 0.1) is 17.1 Å². The number of halogens is 1. The first kappa shape index (κ1) is 16.2. The molecule has 1 aliphatic heterocycles. The Kier molecular flexibility index (Phi) is 4.57. The SMILES string of the molecule is Cl.Cn1c(C2CCCN2Cc2cnc(N)s2)nc2ccccc21. The zero-order valence-corrected chi connectivity index (χ0v) is 14.6. The Balaban J connectivity index is 0.00000156. The highest BCUT2D eigenvalue weighted by atomic mass is 35.5. The molecule has 0 aliphatic carbocycles. The molecule has 1 aliphatic rings. The Labute approximate surface area is 145 Å². The van der Waals surface area contributed by atoms with Crippen LogP contribution in [-0.4, -0.2) is 26.0 Å². The Morgan fingerprint density at radius 2 is 2.17 bits per heavy atom. The number of nitrogen functional groups attached to an aromatic ring is 1. The second-order valence-electron chi connectivity index (χ2n) is 5.81. The number of benzene rings is 1. The maximum absolute atomic E-state index is 5.75. The molecule has 1 atom stereocenters. The third-order valence-corrected chi connectivity index (χ3v) is 5.23. The first-order chi connectivity index (χ1) is 10.7. The number of aryl methyl sites for hydroxylation is 1. The van der Waals surface area contributed by atoms with E-state index in [0.717, 1.165) is 30.9 Å². The molecule has 0 bridgehead atoms. The fourth-order valence-electron chi connectivity index (χ4n) is 3.37. The molecular formula is C16H20ClN5S. The number of para-hydroxylation sites is 2. The van der Waals surface area contributed by atoms with Crippen LogP contribution in [0.2, 0.25) is 0 Å². The van der Waals surface area contributed by atoms with Crippen molar-refractivity contribution in [3.63, 3.8) is 0 Å². The molecule has 0 radical (unpaired) electrons. The average Bonchev–Trinajstić information content (AvgIpc) is 3.21. The maximum atomic E-state index is 5.75. The third kappa shape index (κ3) is 2.94. The zero-order valence-electron chi connectivity index (χ0n) is 13.0. The van der Waals surface area contributed by atoms with Gasteiger partial charge in [-0.3, -0.25) is 4.90 Å². The minimum absolute atomic E-state index is 0. The minimum Gasteiger partial charge on any atom is -0.375 e. The molecule has 3 heterocycles. The van der Waals surface area contributed by atoms with Gasteiger partial charge in [0.25, 0.3) is 0 Å². The van der Waals surface area contributed by atoms with E-state index in [1.165, 1.54) is 16.8 Å². The summed E-state index contributed by atoms with van der Waals surface area (Å²) in [5, 5.41) is 0.647. The van der Waals surface area contributed by atoms with Gasteiger partial charge in [-0.2, -0.15) is 0 Å². The minimum atomic E-state index is 0. The average molecular weight is 350 g/mol. The second kappa shape index (κ2) is 6.47. The van der Waals surface area contributed by atoms with Crippen molar-refractivity contribution in [3.8, 4) is 0 Å². The fraction of sp³-hybridized carbons (Fsp3) is 0.375. The number of hydrogen-bond acceptors (Lipinski definition) is 5. The number of anilines is 1. The lowest BCUT2D eigenvalue weighted by molar-refractivity contribution is 0.239. The van der Waals surface area contributed by atoms with E-state index in [4.69, 9.17) is 10.7 Å². The van der Waals surface area contributed by atoms with Gasteiger partial charge in [-0.25, -0.2) is 9.97 Å². The Bertz CT molecular complexity index is 812. The van der Waals surface area contributed by atoms with Crippen LogP contribution < -0.4 is 5.73 Å². The van der Waals surface area contributed by atoms with E-state index in [2.05, 4.69) is 39.7 Å². The van der Waals surface area contributed by atoms with Crippen molar-refractivity contribution in [1.82, 2.24) is 19.4 Å². The lowest BCUT2D eigenvalue weighted by atomic mass is 10.2. The summed E-state index contributed by atoms with van der Waals surface area (Å²) in [4.78, 5) is 12.8. The van der Waals surface area contributed by atoms with Gasteiger partial charge in [0, 0.05) is 24.7 Å². The molecule has 0 amide bonds. The number of nitrogens with two attached hydrogens (primary N) is 1. The van der Waals surface area contributed by atoms with Crippen LogP contribution in [-0.2, 0) is 13.6 Å². The quantitative estimate of drug-likeness (QED) is 0.787. The molecule has 2 aromatic heterocycles. The molecule has 23 heavy (non-hydrogen) atoms. The largest absolute Gasteiger partial charge is 0.375 e. The molecule has 1 saturated heterocycles. The van der Waals surface area contributed by atoms with Crippen molar-refractivity contribution in [2.24, 2.45) is 7.05 Å². The molecule has 0 saturated carbocycles. The van der Waals surface area contributed by atoms with Crippen molar-refractivity contribution < 1.29 is 0 Å². The van der Waals surface area contributed by atoms with E-state index in [9.17, 15) is 0 Å². The number of imidazole rings is 1. The maximum Gasteiger partial charge on any atom is 0.180 e. The predicted octanol–water partition coefficient (Wildman–Crippen LogP) is 3.37. The summed E-state index contributed by atoms with van der Waals surface area (Å²) < 4.78 is 2.24. The molecule has 1 aromatic carbocycles. The summed E-state index contributed by atoms with van der Waals surface area (Å²) in [6.07, 6.45) is 4.26. The second-order valence-corrected chi connectivity index (χ2v) is 6.96. The summed E-state index contributed by atoms with van der Waals surface area (Å²) in [6.45, 7) is 2.01. The molecule has 1 fully saturated rings. The smallest absolute Gasteiger partial charge is 0.180 e. The number of thiazole rings is 1. The Hall–Kier alpha value is -1.63. The van der Waals surface area contributed by atoms with E-state index in [-0.39, 0.29) is 12.4 Å². The summed E-state index contributed by atoms with van der Waals surface area (Å²) >= 11 is 1.58. The number of aromatic nitrogens is 3. The zero-order chi connectivity index (χ0) is 15.1. The van der Waals surface area contributed by atoms with Gasteiger partial charge < -0.3 is 10.3 Å². The summed E-state index contributed by atoms with van der Waals surface area (Å²) in [5.74, 6) is 1.16. The fourth-order valence-corrected chi connectivity index (χ4v) is 4.08. The summed E-state index contributed by atoms with van der Waals surface area (Å²) in [5.41, 5.74) is 8.02. The molecule has 4 rings (SSSR count). The predicted molar refractivity (Wildman–Crippen MR) is 96.9 cm³/mol. The third-order valence-electron chi connectivity index (χ3n) is 4.41. The molecule has 122 valence electrons. The standard InChI is InChI=1S/C16H19N5S.ClH/c1-20-13-6-3-2-5-12(13)19-15(20)14-7-4-8-21(14)10-11-9-18-16(17)22-11;/h2-3,5-6,9,14H,4,7-8,10H2,1H3,(H2,17,18);1H. The number of hydrogen-bond donors (Lipinski definition) is 1. The van der Waals surface area contributed by atoms with Crippen molar-refractivity contribution in [2.75, 3.05) is 12.3 Å². The van der Waals surface area contributed by atoms with Crippen LogP contribution >= 0.6 is 23.7 Å². The number of likely N-dealkylation sites (tertiary alicyclic amines) is 1. The van der Waals surface area contributed by atoms with Crippen LogP contribution in [0.4, 0.5) is 5.13 Å². The Morgan fingerprint density at radius 3 is 2.91 bits per heavy atom. The van der Waals surface area contributed by atoms with Crippen molar-refractivity contribution in [2.45, 2.75) is 25.4 Å². The molecule has 2 N–H and O–H groups in total. The van der Waals surface area contributed by atoms with Crippen LogP contribution in [0.25, 0.3) is 11.0 Å². The van der Waals surface area contributed by atoms with E-state index in [1.807, 2.05) is 12.3 Å². The lowest BCUT2D eigenvalue weighted by Gasteiger charge is -2.23. The molecule has 3 aromatic rings. The van der Waals surface area contributed by atoms with Crippen molar-refractivity contribution in [3.05, 3.63) is 41.2 Å². The van der Waals surface area contributed by atoms with Gasteiger partial charge in [0.15, 0.2) is 5.13 Å². The summed E-state index contributed by atoms with van der Waals surface area (Å²) in [7, 11) is 2.12. The van der Waals surface area contributed by atoms with Gasteiger partial charge in [-0.05, 0) is 31.5 Å². The van der Waals surface area contributed by atoms with Crippen molar-refractivity contribution >= 4 is 39.9 Å². The monoisotopic (exact) mass is 349 g/mol. The normalized spacial score (nSPS) is 18.4. The first-order valence-corrected chi connectivity index (χ1v) is 8.39. The highest BCUT2D eigenvalue weighted by Gasteiger charge is 2.30. The van der Waals surface area contributed by atoms with Gasteiger partial charge in [-0.1, -0.05) is 12.1 Å². The Morgan fingerprint density at radius 1 is 1.35 bits per heavy atom. The van der Waals surface area contributed by atoms with Crippen LogP contribution in [0.1, 0.15) is 29.6 Å². The first-order valence-electron chi connectivity index (χ1n) is 7.58.